The number of alkyl halides is 2. The Morgan fingerprint density at radius 1 is 1.29 bits per heavy atom. The Morgan fingerprint density at radius 3 is 2.47 bits per heavy atom. The molecule has 0 aliphatic rings. The standard InChI is InChI=1S/C12H17F2NO2/c1-9(16)6-15-7-10-2-4-11(5-3-10)17-8-12(13)14/h2-5,9,12,15-16H,6-8H2,1H3. The molecule has 0 heterocycles. The van der Waals surface area contributed by atoms with E-state index < -0.39 is 13.0 Å². The van der Waals surface area contributed by atoms with Gasteiger partial charge in [0.25, 0.3) is 6.43 Å². The summed E-state index contributed by atoms with van der Waals surface area (Å²) in [6.45, 7) is 2.26. The number of nitrogens with one attached hydrogen (secondary N) is 1. The van der Waals surface area contributed by atoms with Gasteiger partial charge in [-0.25, -0.2) is 8.78 Å². The molecule has 0 aliphatic carbocycles. The molecule has 1 rings (SSSR count). The van der Waals surface area contributed by atoms with Crippen LogP contribution in [0.25, 0.3) is 0 Å². The van der Waals surface area contributed by atoms with Crippen LogP contribution >= 0.6 is 0 Å². The molecule has 0 radical (unpaired) electrons. The van der Waals surface area contributed by atoms with Gasteiger partial charge in [-0.2, -0.15) is 0 Å². The fraction of sp³-hybridized carbons (Fsp3) is 0.500. The molecule has 1 aromatic rings. The molecule has 0 fully saturated rings. The predicted molar refractivity (Wildman–Crippen MR) is 61.3 cm³/mol. The zero-order valence-corrected chi connectivity index (χ0v) is 9.70. The highest BCUT2D eigenvalue weighted by Gasteiger charge is 2.03. The average Bonchev–Trinajstić information content (AvgIpc) is 2.27. The molecule has 0 bridgehead atoms. The van der Waals surface area contributed by atoms with Crippen molar-refractivity contribution in [1.82, 2.24) is 5.32 Å². The molecule has 96 valence electrons. The van der Waals surface area contributed by atoms with E-state index in [0.29, 0.717) is 18.8 Å². The Bertz CT molecular complexity index is 315. The maximum atomic E-state index is 11.9. The van der Waals surface area contributed by atoms with Crippen LogP contribution in [0.5, 0.6) is 5.75 Å². The fourth-order valence-corrected chi connectivity index (χ4v) is 1.29. The van der Waals surface area contributed by atoms with Gasteiger partial charge >= 0.3 is 0 Å². The van der Waals surface area contributed by atoms with Crippen molar-refractivity contribution in [3.05, 3.63) is 29.8 Å². The fourth-order valence-electron chi connectivity index (χ4n) is 1.29. The number of rotatable bonds is 7. The second-order valence-electron chi connectivity index (χ2n) is 3.83. The van der Waals surface area contributed by atoms with E-state index in [9.17, 15) is 8.78 Å². The number of hydrogen-bond acceptors (Lipinski definition) is 3. The van der Waals surface area contributed by atoms with E-state index in [-0.39, 0.29) is 6.10 Å². The lowest BCUT2D eigenvalue weighted by molar-refractivity contribution is 0.0819. The van der Waals surface area contributed by atoms with Gasteiger partial charge in [0.05, 0.1) is 6.10 Å². The van der Waals surface area contributed by atoms with Crippen LogP contribution in [-0.2, 0) is 6.54 Å². The van der Waals surface area contributed by atoms with Crippen LogP contribution < -0.4 is 10.1 Å². The molecule has 1 unspecified atom stereocenters. The summed E-state index contributed by atoms with van der Waals surface area (Å²) in [6.07, 6.45) is -2.84. The summed E-state index contributed by atoms with van der Waals surface area (Å²) in [4.78, 5) is 0. The van der Waals surface area contributed by atoms with Crippen LogP contribution in [0.3, 0.4) is 0 Å². The van der Waals surface area contributed by atoms with Crippen molar-refractivity contribution >= 4 is 0 Å². The summed E-state index contributed by atoms with van der Waals surface area (Å²) in [5.74, 6) is 0.435. The number of benzene rings is 1. The van der Waals surface area contributed by atoms with Gasteiger partial charge in [-0.15, -0.1) is 0 Å². The van der Waals surface area contributed by atoms with Crippen molar-refractivity contribution in [2.24, 2.45) is 0 Å². The molecule has 0 spiro atoms. The molecular weight excluding hydrogens is 228 g/mol. The van der Waals surface area contributed by atoms with Gasteiger partial charge in [-0.1, -0.05) is 12.1 Å². The van der Waals surface area contributed by atoms with Crippen molar-refractivity contribution in [1.29, 1.82) is 0 Å². The molecule has 1 atom stereocenters. The first-order chi connectivity index (χ1) is 8.08. The molecule has 3 nitrogen and oxygen atoms in total. The Hall–Kier alpha value is -1.20. The molecular formula is C12H17F2NO2. The Morgan fingerprint density at radius 2 is 1.94 bits per heavy atom. The lowest BCUT2D eigenvalue weighted by Crippen LogP contribution is -2.23. The summed E-state index contributed by atoms with van der Waals surface area (Å²) in [5, 5.41) is 12.1. The van der Waals surface area contributed by atoms with Gasteiger partial charge in [0.1, 0.15) is 12.4 Å². The molecule has 5 heteroatoms. The lowest BCUT2D eigenvalue weighted by Gasteiger charge is -2.08. The molecule has 0 amide bonds. The third-order valence-corrected chi connectivity index (χ3v) is 2.07. The first-order valence-electron chi connectivity index (χ1n) is 5.46. The molecule has 0 aromatic heterocycles. The van der Waals surface area contributed by atoms with Crippen molar-refractivity contribution < 1.29 is 18.6 Å². The minimum absolute atomic E-state index is 0.386. The summed E-state index contributed by atoms with van der Waals surface area (Å²) in [7, 11) is 0. The molecule has 0 saturated heterocycles. The van der Waals surface area contributed by atoms with E-state index in [4.69, 9.17) is 9.84 Å². The van der Waals surface area contributed by atoms with E-state index in [1.54, 1.807) is 31.2 Å². The van der Waals surface area contributed by atoms with Crippen LogP contribution in [-0.4, -0.2) is 30.8 Å². The lowest BCUT2D eigenvalue weighted by atomic mass is 10.2. The zero-order chi connectivity index (χ0) is 12.7. The van der Waals surface area contributed by atoms with E-state index in [0.717, 1.165) is 5.56 Å². The van der Waals surface area contributed by atoms with Crippen molar-refractivity contribution in [2.45, 2.75) is 26.0 Å². The second kappa shape index (κ2) is 7.19. The van der Waals surface area contributed by atoms with Crippen LogP contribution in [0.4, 0.5) is 8.78 Å². The van der Waals surface area contributed by atoms with E-state index in [2.05, 4.69) is 5.32 Å². The number of hydrogen-bond donors (Lipinski definition) is 2. The van der Waals surface area contributed by atoms with E-state index in [1.807, 2.05) is 0 Å². The Labute approximate surface area is 99.4 Å². The van der Waals surface area contributed by atoms with Crippen molar-refractivity contribution in [3.63, 3.8) is 0 Å². The quantitative estimate of drug-likeness (QED) is 0.769. The summed E-state index contributed by atoms with van der Waals surface area (Å²) < 4.78 is 28.6. The minimum atomic E-state index is -2.46. The highest BCUT2D eigenvalue weighted by molar-refractivity contribution is 5.27. The minimum Gasteiger partial charge on any atom is -0.488 e. The SMILES string of the molecule is CC(O)CNCc1ccc(OCC(F)F)cc1. The van der Waals surface area contributed by atoms with Crippen LogP contribution in [0.2, 0.25) is 0 Å². The van der Waals surface area contributed by atoms with Gasteiger partial charge in [-0.05, 0) is 24.6 Å². The van der Waals surface area contributed by atoms with Gasteiger partial charge in [0.2, 0.25) is 0 Å². The van der Waals surface area contributed by atoms with Crippen LogP contribution in [0.1, 0.15) is 12.5 Å². The highest BCUT2D eigenvalue weighted by Crippen LogP contribution is 2.12. The number of aliphatic hydroxyl groups is 1. The Balaban J connectivity index is 2.34. The van der Waals surface area contributed by atoms with Gasteiger partial charge < -0.3 is 15.2 Å². The third kappa shape index (κ3) is 6.19. The van der Waals surface area contributed by atoms with E-state index in [1.165, 1.54) is 0 Å². The maximum absolute atomic E-state index is 11.9. The summed E-state index contributed by atoms with van der Waals surface area (Å²) >= 11 is 0. The average molecular weight is 245 g/mol. The second-order valence-corrected chi connectivity index (χ2v) is 3.83. The van der Waals surface area contributed by atoms with Gasteiger partial charge in [-0.3, -0.25) is 0 Å². The van der Waals surface area contributed by atoms with Crippen LogP contribution in [0, 0.1) is 0 Å². The molecule has 0 saturated carbocycles. The Kier molecular flexibility index (Phi) is 5.86. The predicted octanol–water partition coefficient (Wildman–Crippen LogP) is 1.80. The highest BCUT2D eigenvalue weighted by atomic mass is 19.3. The molecule has 2 N–H and O–H groups in total. The van der Waals surface area contributed by atoms with E-state index >= 15 is 0 Å². The third-order valence-electron chi connectivity index (χ3n) is 2.07. The summed E-state index contributed by atoms with van der Waals surface area (Å²) in [5.41, 5.74) is 1.01. The first-order valence-corrected chi connectivity index (χ1v) is 5.46. The number of halogens is 2. The largest absolute Gasteiger partial charge is 0.488 e. The number of ether oxygens (including phenoxy) is 1. The van der Waals surface area contributed by atoms with Crippen molar-refractivity contribution in [2.75, 3.05) is 13.2 Å². The molecule has 1 aromatic carbocycles. The maximum Gasteiger partial charge on any atom is 0.272 e. The van der Waals surface area contributed by atoms with Crippen molar-refractivity contribution in [3.8, 4) is 5.75 Å². The van der Waals surface area contributed by atoms with Gasteiger partial charge in [0.15, 0.2) is 0 Å². The zero-order valence-electron chi connectivity index (χ0n) is 9.70. The smallest absolute Gasteiger partial charge is 0.272 e. The monoisotopic (exact) mass is 245 g/mol. The van der Waals surface area contributed by atoms with Crippen LogP contribution in [0.15, 0.2) is 24.3 Å². The molecule has 0 aliphatic heterocycles. The van der Waals surface area contributed by atoms with Gasteiger partial charge in [0, 0.05) is 13.1 Å². The topological polar surface area (TPSA) is 41.5 Å². The number of aliphatic hydroxyl groups excluding tert-OH is 1. The molecule has 17 heavy (non-hydrogen) atoms. The normalized spacial score (nSPS) is 12.8. The summed E-state index contributed by atoms with van der Waals surface area (Å²) in [6, 6.07) is 6.91. The first kappa shape index (κ1) is 13.9.